The predicted octanol–water partition coefficient (Wildman–Crippen LogP) is 3.64. The molecule has 0 amide bonds. The van der Waals surface area contributed by atoms with Crippen LogP contribution in [0.2, 0.25) is 0 Å². The summed E-state index contributed by atoms with van der Waals surface area (Å²) in [6.07, 6.45) is 2.57. The molecule has 0 radical (unpaired) electrons. The predicted molar refractivity (Wildman–Crippen MR) is 98.3 cm³/mol. The average molecular weight is 368 g/mol. The summed E-state index contributed by atoms with van der Waals surface area (Å²) in [5, 5.41) is 4.08. The molecule has 7 heteroatoms. The van der Waals surface area contributed by atoms with Crippen LogP contribution >= 0.6 is 11.3 Å². The van der Waals surface area contributed by atoms with Gasteiger partial charge >= 0.3 is 0 Å². The minimum Gasteiger partial charge on any atom is -0.488 e. The van der Waals surface area contributed by atoms with Gasteiger partial charge in [0.15, 0.2) is 0 Å². The SMILES string of the molecule is Cc1ncsc1CN1CC(Oc2ccc(-c3noc(C4CC4)n3)cc2)C1. The second-order valence-corrected chi connectivity index (χ2v) is 7.99. The van der Waals surface area contributed by atoms with Gasteiger partial charge in [-0.05, 0) is 44.0 Å². The number of benzene rings is 1. The van der Waals surface area contributed by atoms with E-state index in [1.807, 2.05) is 29.8 Å². The van der Waals surface area contributed by atoms with Gasteiger partial charge in [0.2, 0.25) is 11.7 Å². The van der Waals surface area contributed by atoms with Gasteiger partial charge in [-0.2, -0.15) is 4.98 Å². The molecule has 0 N–H and O–H groups in total. The first-order valence-electron chi connectivity index (χ1n) is 8.96. The van der Waals surface area contributed by atoms with E-state index in [4.69, 9.17) is 9.26 Å². The van der Waals surface area contributed by atoms with Gasteiger partial charge in [-0.1, -0.05) is 5.16 Å². The van der Waals surface area contributed by atoms with E-state index in [1.165, 1.54) is 4.88 Å². The van der Waals surface area contributed by atoms with Crippen LogP contribution in [0.1, 0.15) is 35.2 Å². The third-order valence-corrected chi connectivity index (χ3v) is 5.84. The highest BCUT2D eigenvalue weighted by Gasteiger charge is 2.30. The van der Waals surface area contributed by atoms with E-state index in [9.17, 15) is 0 Å². The standard InChI is InChI=1S/C19H20N4O2S/c1-12-17(26-11-20-12)10-23-8-16(9-23)24-15-6-4-13(5-7-15)18-21-19(25-22-18)14-2-3-14/h4-7,11,14,16H,2-3,8-10H2,1H3. The molecule has 3 aromatic rings. The van der Waals surface area contributed by atoms with E-state index in [0.717, 1.165) is 55.4 Å². The second kappa shape index (κ2) is 6.48. The van der Waals surface area contributed by atoms with Crippen LogP contribution in [-0.4, -0.2) is 39.2 Å². The summed E-state index contributed by atoms with van der Waals surface area (Å²) in [6.45, 7) is 4.94. The molecule has 2 aliphatic rings. The number of hydrogen-bond acceptors (Lipinski definition) is 7. The number of thiazole rings is 1. The molecule has 0 unspecified atom stereocenters. The van der Waals surface area contributed by atoms with Gasteiger partial charge in [-0.25, -0.2) is 4.98 Å². The highest BCUT2D eigenvalue weighted by Crippen LogP contribution is 2.39. The number of ether oxygens (including phenoxy) is 1. The number of likely N-dealkylation sites (tertiary alicyclic amines) is 1. The number of aryl methyl sites for hydroxylation is 1. The first kappa shape index (κ1) is 16.0. The minimum absolute atomic E-state index is 0.251. The number of rotatable bonds is 6. The molecular formula is C19H20N4O2S. The Kier molecular flexibility index (Phi) is 3.98. The van der Waals surface area contributed by atoms with E-state index in [-0.39, 0.29) is 6.10 Å². The lowest BCUT2D eigenvalue weighted by molar-refractivity contribution is 0.0151. The quantitative estimate of drug-likeness (QED) is 0.662. The first-order chi connectivity index (χ1) is 12.7. The van der Waals surface area contributed by atoms with Crippen molar-refractivity contribution in [3.8, 4) is 17.1 Å². The first-order valence-corrected chi connectivity index (χ1v) is 9.84. The lowest BCUT2D eigenvalue weighted by atomic mass is 10.1. The van der Waals surface area contributed by atoms with Gasteiger partial charge in [-0.3, -0.25) is 4.90 Å². The number of aromatic nitrogens is 3. The van der Waals surface area contributed by atoms with Crippen molar-refractivity contribution in [2.24, 2.45) is 0 Å². The molecule has 134 valence electrons. The lowest BCUT2D eigenvalue weighted by Gasteiger charge is -2.38. The van der Waals surface area contributed by atoms with Crippen molar-refractivity contribution in [1.82, 2.24) is 20.0 Å². The zero-order valence-electron chi connectivity index (χ0n) is 14.6. The molecule has 1 aliphatic heterocycles. The highest BCUT2D eigenvalue weighted by atomic mass is 32.1. The summed E-state index contributed by atoms with van der Waals surface area (Å²) >= 11 is 1.73. The zero-order chi connectivity index (χ0) is 17.5. The number of hydrogen-bond donors (Lipinski definition) is 0. The van der Waals surface area contributed by atoms with Crippen LogP contribution < -0.4 is 4.74 Å². The number of nitrogens with zero attached hydrogens (tertiary/aromatic N) is 4. The van der Waals surface area contributed by atoms with Crippen molar-refractivity contribution in [3.05, 3.63) is 46.2 Å². The van der Waals surface area contributed by atoms with E-state index in [1.54, 1.807) is 11.3 Å². The van der Waals surface area contributed by atoms with Gasteiger partial charge < -0.3 is 9.26 Å². The van der Waals surface area contributed by atoms with Crippen molar-refractivity contribution in [2.75, 3.05) is 13.1 Å². The summed E-state index contributed by atoms with van der Waals surface area (Å²) < 4.78 is 11.4. The monoisotopic (exact) mass is 368 g/mol. The van der Waals surface area contributed by atoms with E-state index in [0.29, 0.717) is 11.7 Å². The van der Waals surface area contributed by atoms with Gasteiger partial charge in [-0.15, -0.1) is 11.3 Å². The molecular weight excluding hydrogens is 348 g/mol. The van der Waals surface area contributed by atoms with Gasteiger partial charge in [0.1, 0.15) is 11.9 Å². The van der Waals surface area contributed by atoms with Crippen LogP contribution in [0.15, 0.2) is 34.3 Å². The Morgan fingerprint density at radius 1 is 1.23 bits per heavy atom. The highest BCUT2D eigenvalue weighted by molar-refractivity contribution is 7.09. The minimum atomic E-state index is 0.251. The van der Waals surface area contributed by atoms with E-state index >= 15 is 0 Å². The maximum absolute atomic E-state index is 6.06. The maximum Gasteiger partial charge on any atom is 0.230 e. The topological polar surface area (TPSA) is 64.3 Å². The molecule has 6 nitrogen and oxygen atoms in total. The van der Waals surface area contributed by atoms with Crippen LogP contribution in [-0.2, 0) is 6.54 Å². The molecule has 0 spiro atoms. The Morgan fingerprint density at radius 3 is 2.73 bits per heavy atom. The largest absolute Gasteiger partial charge is 0.488 e. The molecule has 1 saturated heterocycles. The van der Waals surface area contributed by atoms with Crippen LogP contribution in [0.3, 0.4) is 0 Å². The average Bonchev–Trinajstić information content (AvgIpc) is 3.21. The normalized spacial score (nSPS) is 18.0. The van der Waals surface area contributed by atoms with Crippen molar-refractivity contribution >= 4 is 11.3 Å². The van der Waals surface area contributed by atoms with Gasteiger partial charge in [0.05, 0.1) is 11.2 Å². The molecule has 5 rings (SSSR count). The third-order valence-electron chi connectivity index (χ3n) is 4.92. The van der Waals surface area contributed by atoms with Gasteiger partial charge in [0.25, 0.3) is 0 Å². The Labute approximate surface area is 155 Å². The van der Waals surface area contributed by atoms with Crippen LogP contribution in [0.5, 0.6) is 5.75 Å². The fraction of sp³-hybridized carbons (Fsp3) is 0.421. The molecule has 3 heterocycles. The zero-order valence-corrected chi connectivity index (χ0v) is 15.4. The molecule has 1 aromatic carbocycles. The molecule has 1 saturated carbocycles. The van der Waals surface area contributed by atoms with Crippen molar-refractivity contribution in [3.63, 3.8) is 0 Å². The summed E-state index contributed by atoms with van der Waals surface area (Å²) in [5.41, 5.74) is 4.02. The second-order valence-electron chi connectivity index (χ2n) is 7.05. The molecule has 1 aliphatic carbocycles. The summed E-state index contributed by atoms with van der Waals surface area (Å²) in [4.78, 5) is 12.5. The molecule has 2 fully saturated rings. The molecule has 26 heavy (non-hydrogen) atoms. The summed E-state index contributed by atoms with van der Waals surface area (Å²) in [7, 11) is 0. The smallest absolute Gasteiger partial charge is 0.230 e. The Morgan fingerprint density at radius 2 is 2.04 bits per heavy atom. The molecule has 2 aromatic heterocycles. The fourth-order valence-corrected chi connectivity index (χ4v) is 3.95. The van der Waals surface area contributed by atoms with E-state index < -0.39 is 0 Å². The van der Waals surface area contributed by atoms with Gasteiger partial charge in [0, 0.05) is 36.0 Å². The maximum atomic E-state index is 6.06. The van der Waals surface area contributed by atoms with Crippen molar-refractivity contribution < 1.29 is 9.26 Å². The fourth-order valence-electron chi connectivity index (χ4n) is 3.13. The molecule has 0 atom stereocenters. The Balaban J connectivity index is 1.15. The van der Waals surface area contributed by atoms with Crippen molar-refractivity contribution in [1.29, 1.82) is 0 Å². The van der Waals surface area contributed by atoms with Crippen molar-refractivity contribution in [2.45, 2.75) is 38.3 Å². The lowest BCUT2D eigenvalue weighted by Crippen LogP contribution is -2.53. The Bertz CT molecular complexity index is 894. The van der Waals surface area contributed by atoms with Crippen LogP contribution in [0, 0.1) is 6.92 Å². The van der Waals surface area contributed by atoms with Crippen LogP contribution in [0.25, 0.3) is 11.4 Å². The molecule has 0 bridgehead atoms. The third kappa shape index (κ3) is 3.24. The van der Waals surface area contributed by atoms with E-state index in [2.05, 4.69) is 26.9 Å². The Hall–Kier alpha value is -2.25. The summed E-state index contributed by atoms with van der Waals surface area (Å²) in [5.74, 6) is 2.80. The summed E-state index contributed by atoms with van der Waals surface area (Å²) in [6, 6.07) is 7.96. The van der Waals surface area contributed by atoms with Crippen LogP contribution in [0.4, 0.5) is 0 Å².